The minimum Gasteiger partial charge on any atom is -0.373 e. The van der Waals surface area contributed by atoms with Gasteiger partial charge in [0, 0.05) is 6.61 Å². The predicted octanol–water partition coefficient (Wildman–Crippen LogP) is -0.956. The number of rotatable bonds is 4. The zero-order valence-corrected chi connectivity index (χ0v) is 5.37. The molecule has 0 bridgehead atoms. The quantitative estimate of drug-likeness (QED) is 0.344. The van der Waals surface area contributed by atoms with Crippen molar-refractivity contribution in [2.24, 2.45) is 0 Å². The molecule has 9 heavy (non-hydrogen) atoms. The largest absolute Gasteiger partial charge is 0.373 e. The Morgan fingerprint density at radius 3 is 2.22 bits per heavy atom. The van der Waals surface area contributed by atoms with Crippen LogP contribution in [0.4, 0.5) is 0 Å². The van der Waals surface area contributed by atoms with Crippen LogP contribution in [0.3, 0.4) is 0 Å². The smallest absolute Gasteiger partial charge is 0.300 e. The SMILES string of the molecule is CCCOCC(O)(O)O. The lowest BCUT2D eigenvalue weighted by Crippen LogP contribution is -2.33. The molecular weight excluding hydrogens is 124 g/mol. The molecule has 0 aliphatic heterocycles. The molecule has 0 atom stereocenters. The molecule has 0 unspecified atom stereocenters. The van der Waals surface area contributed by atoms with Gasteiger partial charge in [0.25, 0.3) is 5.97 Å². The number of aliphatic hydroxyl groups is 3. The van der Waals surface area contributed by atoms with Crippen molar-refractivity contribution in [1.82, 2.24) is 0 Å². The van der Waals surface area contributed by atoms with Gasteiger partial charge >= 0.3 is 0 Å². The van der Waals surface area contributed by atoms with Crippen molar-refractivity contribution < 1.29 is 20.1 Å². The summed E-state index contributed by atoms with van der Waals surface area (Å²) in [5.74, 6) is -2.67. The molecule has 0 aliphatic carbocycles. The zero-order valence-electron chi connectivity index (χ0n) is 5.37. The van der Waals surface area contributed by atoms with Crippen LogP contribution in [0.1, 0.15) is 13.3 Å². The summed E-state index contributed by atoms with van der Waals surface area (Å²) in [6.07, 6.45) is 0.788. The topological polar surface area (TPSA) is 69.9 Å². The summed E-state index contributed by atoms with van der Waals surface area (Å²) in [7, 11) is 0. The van der Waals surface area contributed by atoms with Gasteiger partial charge in [0.1, 0.15) is 6.61 Å². The third kappa shape index (κ3) is 7.84. The highest BCUT2D eigenvalue weighted by Gasteiger charge is 2.17. The molecule has 0 heterocycles. The van der Waals surface area contributed by atoms with Crippen molar-refractivity contribution in [3.05, 3.63) is 0 Å². The molecule has 4 nitrogen and oxygen atoms in total. The highest BCUT2D eigenvalue weighted by atomic mass is 16.7. The summed E-state index contributed by atoms with van der Waals surface area (Å²) in [6, 6.07) is 0. The molecule has 0 radical (unpaired) electrons. The van der Waals surface area contributed by atoms with Crippen molar-refractivity contribution >= 4 is 0 Å². The maximum absolute atomic E-state index is 8.23. The van der Waals surface area contributed by atoms with E-state index in [4.69, 9.17) is 15.3 Å². The standard InChI is InChI=1S/C5H12O4/c1-2-3-9-4-5(6,7)8/h6-8H,2-4H2,1H3. The number of hydrogen-bond acceptors (Lipinski definition) is 4. The van der Waals surface area contributed by atoms with E-state index in [-0.39, 0.29) is 0 Å². The Bertz CT molecular complexity index is 65.8. The second kappa shape index (κ2) is 3.79. The summed E-state index contributed by atoms with van der Waals surface area (Å²) in [4.78, 5) is 0. The first kappa shape index (κ1) is 8.84. The molecule has 0 spiro atoms. The van der Waals surface area contributed by atoms with Crippen LogP contribution in [0.25, 0.3) is 0 Å². The van der Waals surface area contributed by atoms with Gasteiger partial charge in [0.2, 0.25) is 0 Å². The van der Waals surface area contributed by atoms with Gasteiger partial charge in [-0.2, -0.15) is 0 Å². The fraction of sp³-hybridized carbons (Fsp3) is 1.00. The first-order chi connectivity index (χ1) is 4.06. The normalized spacial score (nSPS) is 12.0. The molecule has 56 valence electrons. The van der Waals surface area contributed by atoms with Gasteiger partial charge in [0.15, 0.2) is 0 Å². The summed E-state index contributed by atoms with van der Waals surface area (Å²) in [6.45, 7) is 1.85. The predicted molar refractivity (Wildman–Crippen MR) is 30.5 cm³/mol. The zero-order chi connectivity index (χ0) is 7.33. The van der Waals surface area contributed by atoms with Gasteiger partial charge in [-0.05, 0) is 6.42 Å². The van der Waals surface area contributed by atoms with E-state index in [0.29, 0.717) is 6.61 Å². The Morgan fingerprint density at radius 1 is 1.33 bits per heavy atom. The average molecular weight is 136 g/mol. The minimum absolute atomic E-state index is 0.420. The molecule has 0 aromatic heterocycles. The van der Waals surface area contributed by atoms with E-state index < -0.39 is 12.6 Å². The maximum Gasteiger partial charge on any atom is 0.300 e. The molecule has 0 aromatic rings. The van der Waals surface area contributed by atoms with Crippen molar-refractivity contribution in [3.8, 4) is 0 Å². The molecule has 0 fully saturated rings. The van der Waals surface area contributed by atoms with Gasteiger partial charge in [-0.15, -0.1) is 0 Å². The van der Waals surface area contributed by atoms with E-state index in [1.807, 2.05) is 6.92 Å². The van der Waals surface area contributed by atoms with Crippen molar-refractivity contribution in [2.45, 2.75) is 19.3 Å². The van der Waals surface area contributed by atoms with Crippen molar-refractivity contribution in [1.29, 1.82) is 0 Å². The lowest BCUT2D eigenvalue weighted by atomic mass is 10.5. The van der Waals surface area contributed by atoms with Crippen LogP contribution in [0.5, 0.6) is 0 Å². The molecular formula is C5H12O4. The van der Waals surface area contributed by atoms with Crippen LogP contribution in [-0.2, 0) is 4.74 Å². The van der Waals surface area contributed by atoms with Crippen molar-refractivity contribution in [2.75, 3.05) is 13.2 Å². The van der Waals surface area contributed by atoms with Crippen molar-refractivity contribution in [3.63, 3.8) is 0 Å². The van der Waals surface area contributed by atoms with Crippen LogP contribution in [0.15, 0.2) is 0 Å². The third-order valence-electron chi connectivity index (χ3n) is 0.644. The Morgan fingerprint density at radius 2 is 1.89 bits per heavy atom. The molecule has 0 amide bonds. The highest BCUT2D eigenvalue weighted by Crippen LogP contribution is 1.92. The number of ether oxygens (including phenoxy) is 1. The molecule has 4 heteroatoms. The lowest BCUT2D eigenvalue weighted by Gasteiger charge is -2.12. The molecule has 0 rings (SSSR count). The van der Waals surface area contributed by atoms with Crippen LogP contribution >= 0.6 is 0 Å². The summed E-state index contributed by atoms with van der Waals surface area (Å²) in [5.41, 5.74) is 0. The van der Waals surface area contributed by atoms with E-state index in [0.717, 1.165) is 6.42 Å². The first-order valence-corrected chi connectivity index (χ1v) is 2.81. The minimum atomic E-state index is -2.67. The summed E-state index contributed by atoms with van der Waals surface area (Å²) in [5, 5.41) is 24.7. The average Bonchev–Trinajstić information content (AvgIpc) is 1.63. The molecule has 3 N–H and O–H groups in total. The number of hydrogen-bond donors (Lipinski definition) is 3. The van der Waals surface area contributed by atoms with Gasteiger partial charge in [-0.1, -0.05) is 6.92 Å². The van der Waals surface area contributed by atoms with Gasteiger partial charge < -0.3 is 20.1 Å². The van der Waals surface area contributed by atoms with Crippen LogP contribution in [0, 0.1) is 0 Å². The second-order valence-corrected chi connectivity index (χ2v) is 1.83. The molecule has 0 saturated carbocycles. The fourth-order valence-corrected chi connectivity index (χ4v) is 0.353. The van der Waals surface area contributed by atoms with E-state index in [2.05, 4.69) is 4.74 Å². The Hall–Kier alpha value is -0.160. The van der Waals surface area contributed by atoms with Crippen LogP contribution in [-0.4, -0.2) is 34.5 Å². The third-order valence-corrected chi connectivity index (χ3v) is 0.644. The molecule has 0 saturated heterocycles. The van der Waals surface area contributed by atoms with Gasteiger partial charge in [-0.25, -0.2) is 0 Å². The van der Waals surface area contributed by atoms with E-state index in [1.165, 1.54) is 0 Å². The van der Waals surface area contributed by atoms with E-state index in [1.54, 1.807) is 0 Å². The van der Waals surface area contributed by atoms with Gasteiger partial charge in [-0.3, -0.25) is 0 Å². The molecule has 0 aromatic carbocycles. The Labute approximate surface area is 53.7 Å². The van der Waals surface area contributed by atoms with Crippen LogP contribution in [0.2, 0.25) is 0 Å². The first-order valence-electron chi connectivity index (χ1n) is 2.81. The van der Waals surface area contributed by atoms with E-state index >= 15 is 0 Å². The summed E-state index contributed by atoms with van der Waals surface area (Å²) < 4.78 is 4.60. The summed E-state index contributed by atoms with van der Waals surface area (Å²) >= 11 is 0. The fourth-order valence-electron chi connectivity index (χ4n) is 0.353. The maximum atomic E-state index is 8.23. The Balaban J connectivity index is 3.07. The molecule has 0 aliphatic rings. The monoisotopic (exact) mass is 136 g/mol. The van der Waals surface area contributed by atoms with Gasteiger partial charge in [0.05, 0.1) is 0 Å². The van der Waals surface area contributed by atoms with Crippen LogP contribution < -0.4 is 0 Å². The van der Waals surface area contributed by atoms with E-state index in [9.17, 15) is 0 Å². The highest BCUT2D eigenvalue weighted by molar-refractivity contribution is 4.41. The lowest BCUT2D eigenvalue weighted by molar-refractivity contribution is -0.331. The Kier molecular flexibility index (Phi) is 3.72. The second-order valence-electron chi connectivity index (χ2n) is 1.83.